The first-order valence-electron chi connectivity index (χ1n) is 7.82. The summed E-state index contributed by atoms with van der Waals surface area (Å²) in [6.45, 7) is 5.52. The number of nitrogens with one attached hydrogen (secondary N) is 1. The average Bonchev–Trinajstić information content (AvgIpc) is 2.53. The Kier molecular flexibility index (Phi) is 6.40. The Morgan fingerprint density at radius 3 is 2.95 bits per heavy atom. The number of methoxy groups -OCH3 is 1. The van der Waals surface area contributed by atoms with Gasteiger partial charge >= 0.3 is 0 Å². The summed E-state index contributed by atoms with van der Waals surface area (Å²) in [5.74, 6) is 2.34. The first-order chi connectivity index (χ1) is 10.2. The largest absolute Gasteiger partial charge is 0.497 e. The van der Waals surface area contributed by atoms with Crippen molar-refractivity contribution in [3.8, 4) is 5.75 Å². The van der Waals surface area contributed by atoms with E-state index in [0.29, 0.717) is 17.2 Å². The molecule has 2 N–H and O–H groups in total. The molecule has 0 heterocycles. The van der Waals surface area contributed by atoms with E-state index in [4.69, 9.17) is 4.74 Å². The second-order valence-electron chi connectivity index (χ2n) is 5.80. The number of thioether (sulfide) groups is 1. The van der Waals surface area contributed by atoms with Crippen LogP contribution in [0.2, 0.25) is 0 Å². The van der Waals surface area contributed by atoms with Gasteiger partial charge in [0, 0.05) is 17.9 Å². The molecule has 4 heteroatoms. The van der Waals surface area contributed by atoms with E-state index in [1.165, 1.54) is 17.5 Å². The minimum atomic E-state index is 0.277. The lowest BCUT2D eigenvalue weighted by Gasteiger charge is -2.34. The maximum atomic E-state index is 9.21. The summed E-state index contributed by atoms with van der Waals surface area (Å²) in [6, 6.07) is 6.85. The van der Waals surface area contributed by atoms with Crippen LogP contribution in [0.1, 0.15) is 37.4 Å². The van der Waals surface area contributed by atoms with E-state index in [1.807, 2.05) is 11.8 Å². The molecule has 0 radical (unpaired) electrons. The third-order valence-corrected chi connectivity index (χ3v) is 5.78. The molecule has 3 atom stereocenters. The monoisotopic (exact) mass is 309 g/mol. The van der Waals surface area contributed by atoms with Crippen molar-refractivity contribution < 1.29 is 9.84 Å². The van der Waals surface area contributed by atoms with Crippen molar-refractivity contribution in [2.75, 3.05) is 26.0 Å². The number of aliphatic hydroxyl groups excluding tert-OH is 1. The predicted octanol–water partition coefficient (Wildman–Crippen LogP) is 3.02. The average molecular weight is 309 g/mol. The normalized spacial score (nSPS) is 22.7. The van der Waals surface area contributed by atoms with Gasteiger partial charge in [-0.1, -0.05) is 19.9 Å². The van der Waals surface area contributed by atoms with Crippen LogP contribution in [0, 0.1) is 5.92 Å². The Balaban J connectivity index is 2.14. The standard InChI is InChI=1S/C17H27NO2S/c1-4-18-17-15-7-6-14(20-3)9-13(15)5-8-16(17)21-11-12(2)10-19/h6-7,9,12,16-19H,4-5,8,10-11H2,1-3H3. The van der Waals surface area contributed by atoms with Crippen molar-refractivity contribution in [1.29, 1.82) is 0 Å². The molecule has 0 bridgehead atoms. The lowest BCUT2D eigenvalue weighted by atomic mass is 9.87. The van der Waals surface area contributed by atoms with E-state index in [-0.39, 0.29) is 6.61 Å². The fraction of sp³-hybridized carbons (Fsp3) is 0.647. The molecule has 118 valence electrons. The molecule has 0 fully saturated rings. The van der Waals surface area contributed by atoms with Gasteiger partial charge in [-0.25, -0.2) is 0 Å². The Morgan fingerprint density at radius 1 is 1.48 bits per heavy atom. The van der Waals surface area contributed by atoms with Gasteiger partial charge in [0.1, 0.15) is 5.75 Å². The SMILES string of the molecule is CCNC1c2ccc(OC)cc2CCC1SCC(C)CO. The van der Waals surface area contributed by atoms with Gasteiger partial charge in [-0.15, -0.1) is 0 Å². The lowest BCUT2D eigenvalue weighted by Crippen LogP contribution is -2.34. The van der Waals surface area contributed by atoms with Gasteiger partial charge in [-0.05, 0) is 54.3 Å². The number of ether oxygens (including phenoxy) is 1. The number of hydrogen-bond acceptors (Lipinski definition) is 4. The van der Waals surface area contributed by atoms with Gasteiger partial charge in [0.15, 0.2) is 0 Å². The third-order valence-electron chi connectivity index (χ3n) is 4.09. The molecule has 0 aromatic heterocycles. The smallest absolute Gasteiger partial charge is 0.119 e. The second-order valence-corrected chi connectivity index (χ2v) is 7.07. The fourth-order valence-electron chi connectivity index (χ4n) is 2.88. The molecule has 3 nitrogen and oxygen atoms in total. The van der Waals surface area contributed by atoms with Gasteiger partial charge in [-0.3, -0.25) is 0 Å². The zero-order chi connectivity index (χ0) is 15.2. The highest BCUT2D eigenvalue weighted by atomic mass is 32.2. The maximum Gasteiger partial charge on any atom is 0.119 e. The molecule has 0 saturated heterocycles. The van der Waals surface area contributed by atoms with Crippen molar-refractivity contribution in [2.24, 2.45) is 5.92 Å². The molecule has 1 aliphatic rings. The van der Waals surface area contributed by atoms with Crippen molar-refractivity contribution in [1.82, 2.24) is 5.32 Å². The van der Waals surface area contributed by atoms with Crippen LogP contribution in [-0.4, -0.2) is 36.4 Å². The van der Waals surface area contributed by atoms with Crippen molar-refractivity contribution in [3.05, 3.63) is 29.3 Å². The van der Waals surface area contributed by atoms with E-state index in [9.17, 15) is 5.11 Å². The Labute approximate surface area is 132 Å². The zero-order valence-corrected chi connectivity index (χ0v) is 14.1. The quantitative estimate of drug-likeness (QED) is 0.812. The Bertz CT molecular complexity index is 452. The van der Waals surface area contributed by atoms with Gasteiger partial charge in [0.2, 0.25) is 0 Å². The minimum absolute atomic E-state index is 0.277. The fourth-order valence-corrected chi connectivity index (χ4v) is 4.28. The molecule has 0 amide bonds. The summed E-state index contributed by atoms with van der Waals surface area (Å²) >= 11 is 2.00. The predicted molar refractivity (Wildman–Crippen MR) is 90.2 cm³/mol. The first-order valence-corrected chi connectivity index (χ1v) is 8.87. The molecule has 1 aliphatic carbocycles. The number of fused-ring (bicyclic) bond motifs is 1. The van der Waals surface area contributed by atoms with Crippen LogP contribution in [0.25, 0.3) is 0 Å². The molecular weight excluding hydrogens is 282 g/mol. The summed E-state index contributed by atoms with van der Waals surface area (Å²) in [4.78, 5) is 0. The van der Waals surface area contributed by atoms with Crippen molar-refractivity contribution >= 4 is 11.8 Å². The van der Waals surface area contributed by atoms with Crippen LogP contribution in [0.3, 0.4) is 0 Å². The maximum absolute atomic E-state index is 9.21. The lowest BCUT2D eigenvalue weighted by molar-refractivity contribution is 0.250. The summed E-state index contributed by atoms with van der Waals surface area (Å²) in [5.41, 5.74) is 2.82. The van der Waals surface area contributed by atoms with E-state index in [0.717, 1.165) is 24.5 Å². The molecular formula is C17H27NO2S. The second kappa shape index (κ2) is 8.06. The highest BCUT2D eigenvalue weighted by Gasteiger charge is 2.29. The molecule has 3 unspecified atom stereocenters. The summed E-state index contributed by atoms with van der Waals surface area (Å²) in [5, 5.41) is 13.4. The van der Waals surface area contributed by atoms with Crippen molar-refractivity contribution in [3.63, 3.8) is 0 Å². The molecule has 21 heavy (non-hydrogen) atoms. The van der Waals surface area contributed by atoms with E-state index < -0.39 is 0 Å². The van der Waals surface area contributed by atoms with Gasteiger partial charge in [0.05, 0.1) is 7.11 Å². The molecule has 0 spiro atoms. The summed E-state index contributed by atoms with van der Waals surface area (Å²) < 4.78 is 5.34. The van der Waals surface area contributed by atoms with Crippen LogP contribution in [0.4, 0.5) is 0 Å². The van der Waals surface area contributed by atoms with Crippen LogP contribution in [0.15, 0.2) is 18.2 Å². The molecule has 1 aromatic rings. The highest BCUT2D eigenvalue weighted by molar-refractivity contribution is 7.99. The van der Waals surface area contributed by atoms with Crippen LogP contribution in [-0.2, 0) is 6.42 Å². The number of aryl methyl sites for hydroxylation is 1. The van der Waals surface area contributed by atoms with E-state index in [1.54, 1.807) is 7.11 Å². The summed E-state index contributed by atoms with van der Waals surface area (Å²) in [7, 11) is 1.72. The molecule has 1 aromatic carbocycles. The van der Waals surface area contributed by atoms with E-state index >= 15 is 0 Å². The van der Waals surface area contributed by atoms with Gasteiger partial charge < -0.3 is 15.2 Å². The van der Waals surface area contributed by atoms with Crippen LogP contribution in [0.5, 0.6) is 5.75 Å². The van der Waals surface area contributed by atoms with Crippen molar-refractivity contribution in [2.45, 2.75) is 38.0 Å². The third kappa shape index (κ3) is 4.15. The van der Waals surface area contributed by atoms with Crippen LogP contribution >= 0.6 is 11.8 Å². The first kappa shape index (κ1) is 16.7. The summed E-state index contributed by atoms with van der Waals surface area (Å²) in [6.07, 6.45) is 2.29. The molecule has 0 aliphatic heterocycles. The number of benzene rings is 1. The number of aliphatic hydroxyl groups is 1. The minimum Gasteiger partial charge on any atom is -0.497 e. The number of rotatable bonds is 7. The number of hydrogen-bond donors (Lipinski definition) is 2. The molecule has 0 saturated carbocycles. The Morgan fingerprint density at radius 2 is 2.29 bits per heavy atom. The van der Waals surface area contributed by atoms with E-state index in [2.05, 4.69) is 37.4 Å². The topological polar surface area (TPSA) is 41.5 Å². The molecule has 2 rings (SSSR count). The highest BCUT2D eigenvalue weighted by Crippen LogP contribution is 2.38. The Hall–Kier alpha value is -0.710. The van der Waals surface area contributed by atoms with Gasteiger partial charge in [0.25, 0.3) is 0 Å². The van der Waals surface area contributed by atoms with Crippen LogP contribution < -0.4 is 10.1 Å². The van der Waals surface area contributed by atoms with Gasteiger partial charge in [-0.2, -0.15) is 11.8 Å². The zero-order valence-electron chi connectivity index (χ0n) is 13.3.